The highest BCUT2D eigenvalue weighted by molar-refractivity contribution is 5.52. The second kappa shape index (κ2) is 5.46. The van der Waals surface area contributed by atoms with Gasteiger partial charge in [0.2, 0.25) is 0 Å². The van der Waals surface area contributed by atoms with Crippen LogP contribution >= 0.6 is 0 Å². The van der Waals surface area contributed by atoms with E-state index in [1.807, 2.05) is 47.4 Å². The van der Waals surface area contributed by atoms with Gasteiger partial charge in [-0.2, -0.15) is 5.10 Å². The van der Waals surface area contributed by atoms with E-state index in [1.165, 1.54) is 5.57 Å². The lowest BCUT2D eigenvalue weighted by molar-refractivity contribution is 0.880. The molecule has 1 aromatic heterocycles. The van der Waals surface area contributed by atoms with Gasteiger partial charge in [-0.1, -0.05) is 36.8 Å². The Morgan fingerprint density at radius 1 is 1.35 bits per heavy atom. The molecule has 2 aromatic rings. The first kappa shape index (κ1) is 11.6. The predicted molar refractivity (Wildman–Crippen MR) is 70.9 cm³/mol. The van der Waals surface area contributed by atoms with Gasteiger partial charge >= 0.3 is 0 Å². The second-order valence-electron chi connectivity index (χ2n) is 3.91. The maximum Gasteiger partial charge on any atom is 0.0645 e. The van der Waals surface area contributed by atoms with Gasteiger partial charge in [-0.25, -0.2) is 4.68 Å². The molecule has 0 aliphatic rings. The molecule has 0 bridgehead atoms. The molecule has 0 saturated carbocycles. The zero-order valence-electron chi connectivity index (χ0n) is 10.0. The van der Waals surface area contributed by atoms with Gasteiger partial charge in [0.15, 0.2) is 0 Å². The number of nitrogens with zero attached hydrogens (tertiary/aromatic N) is 2. The molecule has 17 heavy (non-hydrogen) atoms. The third-order valence-corrected chi connectivity index (χ3v) is 2.71. The summed E-state index contributed by atoms with van der Waals surface area (Å²) in [6, 6.07) is 10.1. The van der Waals surface area contributed by atoms with E-state index in [4.69, 9.17) is 5.73 Å². The number of para-hydroxylation sites is 1. The van der Waals surface area contributed by atoms with Crippen molar-refractivity contribution in [3.63, 3.8) is 0 Å². The van der Waals surface area contributed by atoms with Crippen molar-refractivity contribution < 1.29 is 0 Å². The van der Waals surface area contributed by atoms with Crippen LogP contribution in [0.4, 0.5) is 0 Å². The first-order valence-corrected chi connectivity index (χ1v) is 5.83. The molecule has 88 valence electrons. The van der Waals surface area contributed by atoms with Gasteiger partial charge in [-0.05, 0) is 18.6 Å². The van der Waals surface area contributed by atoms with Crippen LogP contribution in [0.25, 0.3) is 11.8 Å². The largest absolute Gasteiger partial charge is 0.327 e. The quantitative estimate of drug-likeness (QED) is 0.872. The fourth-order valence-corrected chi connectivity index (χ4v) is 1.67. The molecule has 0 aliphatic heterocycles. The zero-order valence-corrected chi connectivity index (χ0v) is 10.0. The summed E-state index contributed by atoms with van der Waals surface area (Å²) in [6.07, 6.45) is 6.96. The first-order valence-electron chi connectivity index (χ1n) is 5.83. The normalized spacial score (nSPS) is 11.8. The molecule has 0 atom stereocenters. The molecule has 0 fully saturated rings. The van der Waals surface area contributed by atoms with E-state index in [-0.39, 0.29) is 0 Å². The number of hydrogen-bond acceptors (Lipinski definition) is 2. The van der Waals surface area contributed by atoms with Crippen LogP contribution in [0.3, 0.4) is 0 Å². The number of rotatable bonds is 4. The molecule has 0 saturated heterocycles. The summed E-state index contributed by atoms with van der Waals surface area (Å²) in [6.45, 7) is 2.72. The Kier molecular flexibility index (Phi) is 3.73. The van der Waals surface area contributed by atoms with E-state index in [9.17, 15) is 0 Å². The molecule has 0 spiro atoms. The molecule has 0 radical (unpaired) electrons. The summed E-state index contributed by atoms with van der Waals surface area (Å²) >= 11 is 0. The van der Waals surface area contributed by atoms with Crippen LogP contribution in [0.15, 0.2) is 48.3 Å². The van der Waals surface area contributed by atoms with Crippen molar-refractivity contribution in [3.8, 4) is 5.69 Å². The average Bonchev–Trinajstić information content (AvgIpc) is 2.85. The summed E-state index contributed by atoms with van der Waals surface area (Å²) in [5.41, 5.74) is 9.05. The lowest BCUT2D eigenvalue weighted by atomic mass is 10.1. The van der Waals surface area contributed by atoms with Crippen molar-refractivity contribution in [2.75, 3.05) is 6.54 Å². The van der Waals surface area contributed by atoms with E-state index in [0.717, 1.165) is 17.7 Å². The van der Waals surface area contributed by atoms with Crippen LogP contribution in [0, 0.1) is 0 Å². The van der Waals surface area contributed by atoms with Crippen LogP contribution in [-0.2, 0) is 0 Å². The van der Waals surface area contributed by atoms with E-state index in [2.05, 4.69) is 18.1 Å². The van der Waals surface area contributed by atoms with Crippen molar-refractivity contribution in [3.05, 3.63) is 53.9 Å². The lowest BCUT2D eigenvalue weighted by Gasteiger charge is -1.99. The number of aromatic nitrogens is 2. The van der Waals surface area contributed by atoms with Crippen molar-refractivity contribution in [1.29, 1.82) is 0 Å². The summed E-state index contributed by atoms with van der Waals surface area (Å²) in [7, 11) is 0. The van der Waals surface area contributed by atoms with E-state index < -0.39 is 0 Å². The molecule has 3 nitrogen and oxygen atoms in total. The fraction of sp³-hybridized carbons (Fsp3) is 0.214. The fourth-order valence-electron chi connectivity index (χ4n) is 1.67. The van der Waals surface area contributed by atoms with Gasteiger partial charge in [0, 0.05) is 18.3 Å². The van der Waals surface area contributed by atoms with Crippen molar-refractivity contribution >= 4 is 6.08 Å². The number of hydrogen-bond donors (Lipinski definition) is 1. The minimum absolute atomic E-state index is 0.604. The Bertz CT molecular complexity index is 491. The van der Waals surface area contributed by atoms with E-state index >= 15 is 0 Å². The monoisotopic (exact) mass is 227 g/mol. The maximum atomic E-state index is 5.65. The first-order chi connectivity index (χ1) is 8.33. The second-order valence-corrected chi connectivity index (χ2v) is 3.91. The molecule has 0 aliphatic carbocycles. The molecular formula is C14H17N3. The van der Waals surface area contributed by atoms with E-state index in [1.54, 1.807) is 0 Å². The van der Waals surface area contributed by atoms with Crippen LogP contribution in [0.2, 0.25) is 0 Å². The van der Waals surface area contributed by atoms with Gasteiger partial charge < -0.3 is 5.73 Å². The summed E-state index contributed by atoms with van der Waals surface area (Å²) in [4.78, 5) is 0. The molecule has 2 N–H and O–H groups in total. The van der Waals surface area contributed by atoms with Crippen molar-refractivity contribution in [2.24, 2.45) is 5.73 Å². The number of nitrogens with two attached hydrogens (primary N) is 1. The Morgan fingerprint density at radius 3 is 2.76 bits per heavy atom. The third-order valence-electron chi connectivity index (χ3n) is 2.71. The SMILES string of the molecule is CCC(=Cc1cnn(-c2ccccc2)c1)CN. The molecule has 1 aromatic carbocycles. The Labute approximate surface area is 102 Å². The Hall–Kier alpha value is -1.87. The molecule has 0 amide bonds. The Morgan fingerprint density at radius 2 is 2.12 bits per heavy atom. The number of benzene rings is 1. The van der Waals surface area contributed by atoms with Gasteiger partial charge in [0.25, 0.3) is 0 Å². The molecule has 1 heterocycles. The zero-order chi connectivity index (χ0) is 12.1. The summed E-state index contributed by atoms with van der Waals surface area (Å²) in [5, 5.41) is 4.34. The van der Waals surface area contributed by atoms with Crippen LogP contribution in [0.1, 0.15) is 18.9 Å². The summed E-state index contributed by atoms with van der Waals surface area (Å²) in [5.74, 6) is 0. The van der Waals surface area contributed by atoms with Gasteiger partial charge in [0.05, 0.1) is 11.9 Å². The predicted octanol–water partition coefficient (Wildman–Crippen LogP) is 2.62. The van der Waals surface area contributed by atoms with Gasteiger partial charge in [-0.3, -0.25) is 0 Å². The third kappa shape index (κ3) is 2.82. The molecular weight excluding hydrogens is 210 g/mol. The van der Waals surface area contributed by atoms with Crippen LogP contribution in [0.5, 0.6) is 0 Å². The van der Waals surface area contributed by atoms with Crippen LogP contribution < -0.4 is 5.73 Å². The van der Waals surface area contributed by atoms with Crippen LogP contribution in [-0.4, -0.2) is 16.3 Å². The highest BCUT2D eigenvalue weighted by atomic mass is 15.3. The topological polar surface area (TPSA) is 43.8 Å². The molecule has 3 heteroatoms. The molecule has 2 rings (SSSR count). The summed E-state index contributed by atoms with van der Waals surface area (Å²) < 4.78 is 1.87. The minimum Gasteiger partial charge on any atom is -0.327 e. The minimum atomic E-state index is 0.604. The maximum absolute atomic E-state index is 5.65. The Balaban J connectivity index is 2.25. The molecule has 0 unspecified atom stereocenters. The average molecular weight is 227 g/mol. The highest BCUT2D eigenvalue weighted by Crippen LogP contribution is 2.11. The van der Waals surface area contributed by atoms with E-state index in [0.29, 0.717) is 6.54 Å². The standard InChI is InChI=1S/C14H17N3/c1-2-12(9-15)8-13-10-16-17(11-13)14-6-4-3-5-7-14/h3-8,10-11H,2,9,15H2,1H3. The highest BCUT2D eigenvalue weighted by Gasteiger charge is 1.99. The van der Waals surface area contributed by atoms with Crippen molar-refractivity contribution in [1.82, 2.24) is 9.78 Å². The lowest BCUT2D eigenvalue weighted by Crippen LogP contribution is -2.01. The van der Waals surface area contributed by atoms with Crippen molar-refractivity contribution in [2.45, 2.75) is 13.3 Å². The smallest absolute Gasteiger partial charge is 0.0645 e. The van der Waals surface area contributed by atoms with Gasteiger partial charge in [-0.15, -0.1) is 0 Å². The van der Waals surface area contributed by atoms with Gasteiger partial charge in [0.1, 0.15) is 0 Å².